The number of hydrogen-bond donors (Lipinski definition) is 1. The molecule has 2 rings (SSSR count). The molecular weight excluding hydrogens is 236 g/mol. The summed E-state index contributed by atoms with van der Waals surface area (Å²) in [6, 6.07) is 8.65. The Morgan fingerprint density at radius 1 is 1.37 bits per heavy atom. The number of benzene rings is 1. The van der Waals surface area contributed by atoms with Crippen LogP contribution < -0.4 is 5.73 Å². The van der Waals surface area contributed by atoms with Crippen LogP contribution in [-0.4, -0.2) is 37.2 Å². The lowest BCUT2D eigenvalue weighted by molar-refractivity contribution is 0.0176. The first kappa shape index (κ1) is 14.5. The third-order valence-electron chi connectivity index (χ3n) is 4.62. The highest BCUT2D eigenvalue weighted by Gasteiger charge is 2.32. The average molecular weight is 262 g/mol. The van der Waals surface area contributed by atoms with E-state index < -0.39 is 0 Å². The Kier molecular flexibility index (Phi) is 4.29. The summed E-state index contributed by atoms with van der Waals surface area (Å²) in [6.07, 6.45) is 2.01. The van der Waals surface area contributed by atoms with Crippen LogP contribution in [0.15, 0.2) is 24.3 Å². The fourth-order valence-corrected chi connectivity index (χ4v) is 2.52. The van der Waals surface area contributed by atoms with E-state index in [0.29, 0.717) is 0 Å². The van der Waals surface area contributed by atoms with Gasteiger partial charge < -0.3 is 15.4 Å². The van der Waals surface area contributed by atoms with Gasteiger partial charge in [-0.15, -0.1) is 0 Å². The molecule has 3 nitrogen and oxygen atoms in total. The normalized spacial score (nSPS) is 21.3. The summed E-state index contributed by atoms with van der Waals surface area (Å²) < 4.78 is 5.95. The van der Waals surface area contributed by atoms with Crippen molar-refractivity contribution in [1.82, 2.24) is 4.90 Å². The fraction of sp³-hybridized carbons (Fsp3) is 0.625. The molecule has 0 saturated carbocycles. The van der Waals surface area contributed by atoms with Gasteiger partial charge in [-0.1, -0.05) is 24.3 Å². The summed E-state index contributed by atoms with van der Waals surface area (Å²) in [6.45, 7) is 5.18. The van der Waals surface area contributed by atoms with E-state index in [1.807, 2.05) is 0 Å². The van der Waals surface area contributed by atoms with Gasteiger partial charge in [-0.25, -0.2) is 0 Å². The maximum Gasteiger partial charge on any atom is 0.0843 e. The van der Waals surface area contributed by atoms with Gasteiger partial charge in [-0.05, 0) is 51.9 Å². The zero-order valence-corrected chi connectivity index (χ0v) is 12.5. The number of fused-ring (bicyclic) bond motifs is 1. The SMILES string of the molecule is CN(C)C(C)(C)C(N)CC1OCCc2ccccc21. The van der Waals surface area contributed by atoms with Gasteiger partial charge in [-0.3, -0.25) is 0 Å². The molecule has 1 aliphatic rings. The number of nitrogens with zero attached hydrogens (tertiary/aromatic N) is 1. The quantitative estimate of drug-likeness (QED) is 0.905. The topological polar surface area (TPSA) is 38.5 Å². The van der Waals surface area contributed by atoms with E-state index in [9.17, 15) is 0 Å². The number of likely N-dealkylation sites (N-methyl/N-ethyl adjacent to an activating group) is 1. The highest BCUT2D eigenvalue weighted by Crippen LogP contribution is 2.32. The van der Waals surface area contributed by atoms with Crippen LogP contribution in [-0.2, 0) is 11.2 Å². The molecule has 3 heteroatoms. The molecule has 0 radical (unpaired) electrons. The minimum absolute atomic E-state index is 0.0320. The van der Waals surface area contributed by atoms with E-state index in [-0.39, 0.29) is 17.7 Å². The Hall–Kier alpha value is -0.900. The molecule has 0 aliphatic carbocycles. The summed E-state index contributed by atoms with van der Waals surface area (Å²) >= 11 is 0. The first-order valence-corrected chi connectivity index (χ1v) is 7.05. The molecular formula is C16H26N2O. The highest BCUT2D eigenvalue weighted by molar-refractivity contribution is 5.31. The maximum atomic E-state index is 6.42. The Bertz CT molecular complexity index is 429. The number of ether oxygens (including phenoxy) is 1. The molecule has 0 fully saturated rings. The second-order valence-corrected chi connectivity index (χ2v) is 6.20. The van der Waals surface area contributed by atoms with Crippen molar-refractivity contribution in [3.63, 3.8) is 0 Å². The molecule has 1 aromatic carbocycles. The maximum absolute atomic E-state index is 6.42. The molecule has 1 aromatic rings. The molecule has 0 amide bonds. The monoisotopic (exact) mass is 262 g/mol. The van der Waals surface area contributed by atoms with Crippen LogP contribution in [0.5, 0.6) is 0 Å². The third kappa shape index (κ3) is 2.99. The van der Waals surface area contributed by atoms with Gasteiger partial charge in [-0.2, -0.15) is 0 Å². The van der Waals surface area contributed by atoms with Gasteiger partial charge in [0, 0.05) is 11.6 Å². The van der Waals surface area contributed by atoms with Crippen molar-refractivity contribution in [1.29, 1.82) is 0 Å². The molecule has 1 aliphatic heterocycles. The largest absolute Gasteiger partial charge is 0.373 e. The van der Waals surface area contributed by atoms with Crippen molar-refractivity contribution in [3.8, 4) is 0 Å². The van der Waals surface area contributed by atoms with Gasteiger partial charge in [0.2, 0.25) is 0 Å². The highest BCUT2D eigenvalue weighted by atomic mass is 16.5. The lowest BCUT2D eigenvalue weighted by atomic mass is 9.86. The smallest absolute Gasteiger partial charge is 0.0843 e. The van der Waals surface area contributed by atoms with Crippen molar-refractivity contribution in [2.45, 2.75) is 44.4 Å². The van der Waals surface area contributed by atoms with E-state index in [1.165, 1.54) is 11.1 Å². The summed E-state index contributed by atoms with van der Waals surface area (Å²) in [4.78, 5) is 2.19. The molecule has 0 spiro atoms. The van der Waals surface area contributed by atoms with Crippen molar-refractivity contribution in [2.75, 3.05) is 20.7 Å². The standard InChI is InChI=1S/C16H26N2O/c1-16(2,18(3)4)15(17)11-14-13-8-6-5-7-12(13)9-10-19-14/h5-8,14-15H,9-11,17H2,1-4H3. The lowest BCUT2D eigenvalue weighted by Gasteiger charge is -2.40. The Labute approximate surface area is 116 Å². The van der Waals surface area contributed by atoms with Crippen LogP contribution in [0, 0.1) is 0 Å². The molecule has 1 heterocycles. The first-order chi connectivity index (χ1) is 8.93. The van der Waals surface area contributed by atoms with Gasteiger partial charge in [0.05, 0.1) is 12.7 Å². The Morgan fingerprint density at radius 3 is 2.74 bits per heavy atom. The van der Waals surface area contributed by atoms with Gasteiger partial charge in [0.1, 0.15) is 0 Å². The second-order valence-electron chi connectivity index (χ2n) is 6.20. The summed E-state index contributed by atoms with van der Waals surface area (Å²) in [5, 5.41) is 0. The van der Waals surface area contributed by atoms with Gasteiger partial charge in [0.25, 0.3) is 0 Å². The van der Waals surface area contributed by atoms with Crippen molar-refractivity contribution >= 4 is 0 Å². The van der Waals surface area contributed by atoms with Crippen molar-refractivity contribution < 1.29 is 4.74 Å². The van der Waals surface area contributed by atoms with Crippen molar-refractivity contribution in [2.24, 2.45) is 5.73 Å². The molecule has 2 atom stereocenters. The van der Waals surface area contributed by atoms with Crippen LogP contribution in [0.3, 0.4) is 0 Å². The zero-order valence-electron chi connectivity index (χ0n) is 12.5. The van der Waals surface area contributed by atoms with E-state index in [1.54, 1.807) is 0 Å². The summed E-state index contributed by atoms with van der Waals surface area (Å²) in [5.74, 6) is 0. The minimum atomic E-state index is -0.0320. The molecule has 0 saturated heterocycles. The first-order valence-electron chi connectivity index (χ1n) is 7.05. The van der Waals surface area contributed by atoms with E-state index in [4.69, 9.17) is 10.5 Å². The minimum Gasteiger partial charge on any atom is -0.373 e. The zero-order chi connectivity index (χ0) is 14.0. The van der Waals surface area contributed by atoms with Crippen molar-refractivity contribution in [3.05, 3.63) is 35.4 Å². The predicted molar refractivity (Wildman–Crippen MR) is 79.2 cm³/mol. The third-order valence-corrected chi connectivity index (χ3v) is 4.62. The van der Waals surface area contributed by atoms with Crippen LogP contribution in [0.25, 0.3) is 0 Å². The van der Waals surface area contributed by atoms with Crippen LogP contribution in [0.1, 0.15) is 37.5 Å². The number of nitrogens with two attached hydrogens (primary N) is 1. The molecule has 0 aromatic heterocycles. The van der Waals surface area contributed by atoms with Crippen LogP contribution >= 0.6 is 0 Å². The van der Waals surface area contributed by atoms with Crippen LogP contribution in [0.4, 0.5) is 0 Å². The summed E-state index contributed by atoms with van der Waals surface area (Å²) in [5.41, 5.74) is 9.12. The van der Waals surface area contributed by atoms with Gasteiger partial charge >= 0.3 is 0 Å². The lowest BCUT2D eigenvalue weighted by Crippen LogP contribution is -2.53. The number of rotatable bonds is 4. The molecule has 2 N–H and O–H groups in total. The van der Waals surface area contributed by atoms with E-state index >= 15 is 0 Å². The van der Waals surface area contributed by atoms with Gasteiger partial charge in [0.15, 0.2) is 0 Å². The summed E-state index contributed by atoms with van der Waals surface area (Å²) in [7, 11) is 4.16. The molecule has 0 bridgehead atoms. The van der Waals surface area contributed by atoms with Crippen LogP contribution in [0.2, 0.25) is 0 Å². The molecule has 106 valence electrons. The predicted octanol–water partition coefficient (Wildman–Crippen LogP) is 2.36. The van der Waals surface area contributed by atoms with E-state index in [0.717, 1.165) is 19.4 Å². The average Bonchev–Trinajstić information content (AvgIpc) is 2.39. The molecule has 19 heavy (non-hydrogen) atoms. The number of hydrogen-bond acceptors (Lipinski definition) is 3. The Balaban J connectivity index is 2.13. The Morgan fingerprint density at radius 2 is 2.05 bits per heavy atom. The molecule has 2 unspecified atom stereocenters. The second kappa shape index (κ2) is 5.61. The fourth-order valence-electron chi connectivity index (χ4n) is 2.52. The van der Waals surface area contributed by atoms with E-state index in [2.05, 4.69) is 57.1 Å².